The number of aliphatic hydroxyl groups is 1. The molecule has 1 N–H and O–H groups in total. The molecule has 2 unspecified atom stereocenters. The van der Waals surface area contributed by atoms with Crippen molar-refractivity contribution < 1.29 is 29.0 Å². The van der Waals surface area contributed by atoms with Gasteiger partial charge in [-0.3, -0.25) is 9.69 Å². The fourth-order valence-corrected chi connectivity index (χ4v) is 2.80. The molecule has 1 aliphatic heterocycles. The van der Waals surface area contributed by atoms with Crippen LogP contribution >= 0.6 is 0 Å². The fraction of sp³-hybridized carbons (Fsp3) is 0.722. The van der Waals surface area contributed by atoms with Gasteiger partial charge in [0.25, 0.3) is 0 Å². The summed E-state index contributed by atoms with van der Waals surface area (Å²) in [5.74, 6) is -0.850. The molecular weight excluding hydrogens is 340 g/mol. The minimum Gasteiger partial charge on any atom is -0.463 e. The molecule has 1 heterocycles. The number of aliphatic hydroxyl groups excluding tert-OH is 1. The van der Waals surface area contributed by atoms with Crippen LogP contribution in [-0.2, 0) is 19.1 Å². The second-order valence-corrected chi connectivity index (χ2v) is 7.58. The molecule has 2 atom stereocenters. The Labute approximate surface area is 153 Å². The van der Waals surface area contributed by atoms with Crippen molar-refractivity contribution in [2.75, 3.05) is 13.2 Å². The van der Waals surface area contributed by atoms with E-state index in [1.807, 2.05) is 0 Å². The van der Waals surface area contributed by atoms with Crippen molar-refractivity contribution in [3.8, 4) is 0 Å². The Morgan fingerprint density at radius 3 is 2.46 bits per heavy atom. The number of hydrogen-bond donors (Lipinski definition) is 1. The predicted octanol–water partition coefficient (Wildman–Crippen LogP) is 1.42. The van der Waals surface area contributed by atoms with Crippen LogP contribution in [0.25, 0.3) is 0 Å². The van der Waals surface area contributed by atoms with Crippen LogP contribution in [0.4, 0.5) is 4.79 Å². The third-order valence-electron chi connectivity index (χ3n) is 4.04. The standard InChI is InChI=1S/C18H28N2O6/c1-5-25-15(22)8-9-19(12-6-7-12)16(23)14-10-13(21)11-20(14)17(24)26-18(2,3)4/h8-9,12-14,21H,5-7,10-11H2,1-4H3. The molecule has 2 fully saturated rings. The van der Waals surface area contributed by atoms with Crippen molar-refractivity contribution in [3.05, 3.63) is 12.3 Å². The lowest BCUT2D eigenvalue weighted by atomic mass is 10.1. The topological polar surface area (TPSA) is 96.4 Å². The Hall–Kier alpha value is -2.09. The molecule has 1 aliphatic carbocycles. The van der Waals surface area contributed by atoms with Crippen LogP contribution in [0.3, 0.4) is 0 Å². The number of rotatable bonds is 5. The maximum atomic E-state index is 13.0. The molecule has 2 amide bonds. The minimum absolute atomic E-state index is 0.00593. The Morgan fingerprint density at radius 1 is 1.27 bits per heavy atom. The van der Waals surface area contributed by atoms with Gasteiger partial charge in [-0.1, -0.05) is 0 Å². The van der Waals surface area contributed by atoms with E-state index in [0.717, 1.165) is 12.8 Å². The van der Waals surface area contributed by atoms with Crippen LogP contribution in [0, 0.1) is 0 Å². The molecule has 1 saturated carbocycles. The maximum Gasteiger partial charge on any atom is 0.411 e. The number of β-amino-alcohol motifs (C(OH)–C–C–N with tert-alkyl or cyclic N) is 1. The van der Waals surface area contributed by atoms with Gasteiger partial charge in [0.05, 0.1) is 19.3 Å². The number of hydrogen-bond acceptors (Lipinski definition) is 6. The van der Waals surface area contributed by atoms with Gasteiger partial charge in [0.1, 0.15) is 11.6 Å². The third kappa shape index (κ3) is 5.45. The minimum atomic E-state index is -0.813. The molecule has 2 rings (SSSR count). The van der Waals surface area contributed by atoms with E-state index in [2.05, 4.69) is 0 Å². The molecule has 0 bridgehead atoms. The highest BCUT2D eigenvalue weighted by Crippen LogP contribution is 2.31. The molecule has 8 nitrogen and oxygen atoms in total. The van der Waals surface area contributed by atoms with Crippen molar-refractivity contribution in [3.63, 3.8) is 0 Å². The Morgan fingerprint density at radius 2 is 1.92 bits per heavy atom. The average Bonchev–Trinajstić information content (AvgIpc) is 3.27. The highest BCUT2D eigenvalue weighted by molar-refractivity contribution is 5.89. The number of esters is 1. The second kappa shape index (κ2) is 8.07. The van der Waals surface area contributed by atoms with Crippen molar-refractivity contribution >= 4 is 18.0 Å². The van der Waals surface area contributed by atoms with Crippen LogP contribution in [0.2, 0.25) is 0 Å². The fourth-order valence-electron chi connectivity index (χ4n) is 2.80. The molecule has 26 heavy (non-hydrogen) atoms. The quantitative estimate of drug-likeness (QED) is 0.582. The van der Waals surface area contributed by atoms with Crippen molar-refractivity contribution in [1.29, 1.82) is 0 Å². The van der Waals surface area contributed by atoms with Crippen molar-refractivity contribution in [2.45, 2.75) is 70.7 Å². The van der Waals surface area contributed by atoms with E-state index >= 15 is 0 Å². The van der Waals surface area contributed by atoms with E-state index in [4.69, 9.17) is 9.47 Å². The van der Waals surface area contributed by atoms with E-state index in [0.29, 0.717) is 0 Å². The molecule has 1 saturated heterocycles. The summed E-state index contributed by atoms with van der Waals surface area (Å²) in [6.45, 7) is 7.23. The van der Waals surface area contributed by atoms with Crippen LogP contribution in [0.15, 0.2) is 12.3 Å². The summed E-state index contributed by atoms with van der Waals surface area (Å²) in [5.41, 5.74) is -0.696. The highest BCUT2D eigenvalue weighted by atomic mass is 16.6. The van der Waals surface area contributed by atoms with E-state index in [1.54, 1.807) is 27.7 Å². The number of carbonyl (C=O) groups is 3. The zero-order chi connectivity index (χ0) is 19.5. The first kappa shape index (κ1) is 20.2. The summed E-state index contributed by atoms with van der Waals surface area (Å²) in [5, 5.41) is 9.98. The van der Waals surface area contributed by atoms with Gasteiger partial charge in [-0.2, -0.15) is 0 Å². The second-order valence-electron chi connectivity index (χ2n) is 7.58. The number of carbonyl (C=O) groups excluding carboxylic acids is 3. The van der Waals surface area contributed by atoms with E-state index in [9.17, 15) is 19.5 Å². The summed E-state index contributed by atoms with van der Waals surface area (Å²) < 4.78 is 10.2. The highest BCUT2D eigenvalue weighted by Gasteiger charge is 2.44. The maximum absolute atomic E-state index is 13.0. The van der Waals surface area contributed by atoms with Gasteiger partial charge in [0.2, 0.25) is 5.91 Å². The number of amides is 2. The molecular formula is C18H28N2O6. The van der Waals surface area contributed by atoms with Crippen LogP contribution < -0.4 is 0 Å². The SMILES string of the molecule is CCOC(=O)C=CN(C(=O)C1CC(O)CN1C(=O)OC(C)(C)C)C1CC1. The van der Waals surface area contributed by atoms with Crippen molar-refractivity contribution in [1.82, 2.24) is 9.80 Å². The molecule has 0 aromatic heterocycles. The zero-order valence-corrected chi connectivity index (χ0v) is 15.8. The van der Waals surface area contributed by atoms with Gasteiger partial charge in [-0.05, 0) is 40.5 Å². The van der Waals surface area contributed by atoms with Crippen LogP contribution in [0.1, 0.15) is 47.0 Å². The Bertz CT molecular complexity index is 579. The monoisotopic (exact) mass is 368 g/mol. The van der Waals surface area contributed by atoms with E-state index in [-0.39, 0.29) is 31.5 Å². The normalized spacial score (nSPS) is 23.2. The summed E-state index contributed by atoms with van der Waals surface area (Å²) in [6, 6.07) is -0.807. The van der Waals surface area contributed by atoms with Crippen molar-refractivity contribution in [2.24, 2.45) is 0 Å². The third-order valence-corrected chi connectivity index (χ3v) is 4.04. The zero-order valence-electron chi connectivity index (χ0n) is 15.8. The van der Waals surface area contributed by atoms with Gasteiger partial charge < -0.3 is 19.5 Å². The van der Waals surface area contributed by atoms with Gasteiger partial charge in [-0.25, -0.2) is 9.59 Å². The average molecular weight is 368 g/mol. The van der Waals surface area contributed by atoms with Gasteiger partial charge in [0, 0.05) is 24.7 Å². The first-order valence-electron chi connectivity index (χ1n) is 8.97. The summed E-state index contributed by atoms with van der Waals surface area (Å²) in [6.07, 6.45) is 3.03. The summed E-state index contributed by atoms with van der Waals surface area (Å²) in [4.78, 5) is 39.7. The van der Waals surface area contributed by atoms with E-state index < -0.39 is 29.8 Å². The smallest absolute Gasteiger partial charge is 0.411 e. The molecule has 0 spiro atoms. The number of nitrogens with zero attached hydrogens (tertiary/aromatic N) is 2. The number of ether oxygens (including phenoxy) is 2. The molecule has 0 aromatic carbocycles. The lowest BCUT2D eigenvalue weighted by molar-refractivity contribution is -0.137. The first-order chi connectivity index (χ1) is 12.1. The largest absolute Gasteiger partial charge is 0.463 e. The first-order valence-corrected chi connectivity index (χ1v) is 8.97. The molecule has 0 radical (unpaired) electrons. The molecule has 0 aromatic rings. The van der Waals surface area contributed by atoms with Gasteiger partial charge >= 0.3 is 12.1 Å². The molecule has 8 heteroatoms. The Kier molecular flexibility index (Phi) is 6.28. The molecule has 2 aliphatic rings. The van der Waals surface area contributed by atoms with E-state index in [1.165, 1.54) is 22.1 Å². The van der Waals surface area contributed by atoms with Crippen LogP contribution in [-0.4, -0.2) is 69.8 Å². The predicted molar refractivity (Wildman–Crippen MR) is 93.0 cm³/mol. The summed E-state index contributed by atoms with van der Waals surface area (Å²) in [7, 11) is 0. The lowest BCUT2D eigenvalue weighted by Gasteiger charge is -2.30. The lowest BCUT2D eigenvalue weighted by Crippen LogP contribution is -2.48. The van der Waals surface area contributed by atoms with Gasteiger partial charge in [-0.15, -0.1) is 0 Å². The summed E-state index contributed by atoms with van der Waals surface area (Å²) >= 11 is 0. The van der Waals surface area contributed by atoms with Gasteiger partial charge in [0.15, 0.2) is 0 Å². The van der Waals surface area contributed by atoms with Crippen LogP contribution in [0.5, 0.6) is 0 Å². The molecule has 146 valence electrons. The Balaban J connectivity index is 2.12. The number of likely N-dealkylation sites (tertiary alicyclic amines) is 1.